The van der Waals surface area contributed by atoms with Crippen LogP contribution in [0.15, 0.2) is 0 Å². The molecular weight excluding hydrogens is 284 g/mol. The summed E-state index contributed by atoms with van der Waals surface area (Å²) in [6.45, 7) is 9.24. The first-order valence-corrected chi connectivity index (χ1v) is 6.97. The number of ether oxygens (including phenoxy) is 1. The van der Waals surface area contributed by atoms with Gasteiger partial charge in [0.25, 0.3) is 0 Å². The predicted octanol–water partition coefficient (Wildman–Crippen LogP) is 3.87. The van der Waals surface area contributed by atoms with Crippen LogP contribution in [-0.2, 0) is 4.74 Å². The highest BCUT2D eigenvalue weighted by molar-refractivity contribution is 7.19. The molecule has 0 radical (unpaired) electrons. The van der Waals surface area contributed by atoms with Gasteiger partial charge in [-0.2, -0.15) is 0 Å². The van der Waals surface area contributed by atoms with Gasteiger partial charge in [0, 0.05) is 0 Å². The summed E-state index contributed by atoms with van der Waals surface area (Å²) in [7, 11) is 0. The van der Waals surface area contributed by atoms with E-state index in [9.17, 15) is 4.79 Å². The van der Waals surface area contributed by atoms with E-state index in [0.717, 1.165) is 0 Å². The molecule has 0 aromatic carbocycles. The number of aryl methyl sites for hydroxylation is 1. The summed E-state index contributed by atoms with van der Waals surface area (Å²) >= 11 is 7.11. The summed E-state index contributed by atoms with van der Waals surface area (Å²) < 4.78 is 5.76. The van der Waals surface area contributed by atoms with Crippen molar-refractivity contribution in [3.63, 3.8) is 0 Å². The van der Waals surface area contributed by atoms with Crippen LogP contribution in [0.2, 0.25) is 4.47 Å². The fourth-order valence-corrected chi connectivity index (χ4v) is 2.43. The summed E-state index contributed by atoms with van der Waals surface area (Å²) in [5.41, 5.74) is 0.135. The average molecular weight is 301 g/mol. The molecule has 0 spiro atoms. The van der Waals surface area contributed by atoms with E-state index in [2.05, 4.69) is 16.8 Å². The van der Waals surface area contributed by atoms with Crippen molar-refractivity contribution in [2.45, 2.75) is 40.2 Å². The Kier molecular flexibility index (Phi) is 5.21. The molecule has 4 nitrogen and oxygen atoms in total. The first-order valence-electron chi connectivity index (χ1n) is 5.77. The van der Waals surface area contributed by atoms with Gasteiger partial charge in [0.1, 0.15) is 10.6 Å². The van der Waals surface area contributed by atoms with Crippen molar-refractivity contribution < 1.29 is 9.53 Å². The molecule has 1 aromatic rings. The third-order valence-corrected chi connectivity index (χ3v) is 3.30. The highest BCUT2D eigenvalue weighted by Crippen LogP contribution is 2.31. The van der Waals surface area contributed by atoms with Crippen LogP contribution >= 0.6 is 22.9 Å². The van der Waals surface area contributed by atoms with E-state index in [1.165, 1.54) is 16.2 Å². The van der Waals surface area contributed by atoms with E-state index >= 15 is 0 Å². The number of thiazole rings is 1. The summed E-state index contributed by atoms with van der Waals surface area (Å²) in [6, 6.07) is 0. The van der Waals surface area contributed by atoms with Gasteiger partial charge < -0.3 is 4.74 Å². The molecule has 1 amide bonds. The Morgan fingerprint density at radius 2 is 2.16 bits per heavy atom. The van der Waals surface area contributed by atoms with Crippen molar-refractivity contribution in [1.82, 2.24) is 4.98 Å². The number of carbonyl (C=O) groups excluding carboxylic acids is 1. The standard InChI is InChI=1S/C13H17ClN2O2S/c1-6-7-8-16(12(17)18-13(3,4)5)10-9(2)15-11(14)19-10/h8H2,1-5H3. The van der Waals surface area contributed by atoms with E-state index in [-0.39, 0.29) is 6.54 Å². The summed E-state index contributed by atoms with van der Waals surface area (Å²) in [6.07, 6.45) is -0.446. The number of amides is 1. The van der Waals surface area contributed by atoms with E-state index < -0.39 is 11.7 Å². The SMILES string of the molecule is CC#CCN(C(=O)OC(C)(C)C)c1sc(Cl)nc1C. The molecule has 1 rings (SSSR count). The lowest BCUT2D eigenvalue weighted by atomic mass is 10.2. The molecule has 0 atom stereocenters. The first-order chi connectivity index (χ1) is 8.74. The molecule has 0 N–H and O–H groups in total. The van der Waals surface area contributed by atoms with Crippen molar-refractivity contribution in [1.29, 1.82) is 0 Å². The second-order valence-corrected chi connectivity index (χ2v) is 6.41. The van der Waals surface area contributed by atoms with Gasteiger partial charge in [-0.05, 0) is 34.6 Å². The minimum absolute atomic E-state index is 0.255. The molecule has 0 unspecified atom stereocenters. The summed E-state index contributed by atoms with van der Waals surface area (Å²) in [5, 5.41) is 0.669. The second kappa shape index (κ2) is 6.27. The van der Waals surface area contributed by atoms with Gasteiger partial charge in [-0.15, -0.1) is 5.92 Å². The van der Waals surface area contributed by atoms with Crippen molar-refractivity contribution >= 4 is 34.0 Å². The lowest BCUT2D eigenvalue weighted by molar-refractivity contribution is 0.0585. The fraction of sp³-hybridized carbons (Fsp3) is 0.538. The number of rotatable bonds is 2. The maximum Gasteiger partial charge on any atom is 0.416 e. The molecule has 6 heteroatoms. The smallest absolute Gasteiger partial charge is 0.416 e. The van der Waals surface area contributed by atoms with Crippen LogP contribution in [0.1, 0.15) is 33.4 Å². The Labute approximate surface area is 122 Å². The number of nitrogens with zero attached hydrogens (tertiary/aromatic N) is 2. The van der Waals surface area contributed by atoms with Gasteiger partial charge >= 0.3 is 6.09 Å². The molecule has 0 fully saturated rings. The Bertz CT molecular complexity index is 523. The number of aromatic nitrogens is 1. The zero-order chi connectivity index (χ0) is 14.6. The van der Waals surface area contributed by atoms with Gasteiger partial charge in [-0.1, -0.05) is 28.9 Å². The van der Waals surface area contributed by atoms with Crippen molar-refractivity contribution in [2.75, 3.05) is 11.4 Å². The highest BCUT2D eigenvalue weighted by atomic mass is 35.5. The summed E-state index contributed by atoms with van der Waals surface area (Å²) in [4.78, 5) is 17.8. The molecule has 0 aliphatic heterocycles. The van der Waals surface area contributed by atoms with Crippen LogP contribution in [-0.4, -0.2) is 23.2 Å². The van der Waals surface area contributed by atoms with Crippen LogP contribution in [0.4, 0.5) is 9.80 Å². The topological polar surface area (TPSA) is 42.4 Å². The van der Waals surface area contributed by atoms with Crippen LogP contribution < -0.4 is 4.90 Å². The van der Waals surface area contributed by atoms with Gasteiger partial charge in [-0.3, -0.25) is 4.90 Å². The number of anilines is 1. The Balaban J connectivity index is 3.03. The Morgan fingerprint density at radius 1 is 1.53 bits per heavy atom. The van der Waals surface area contributed by atoms with Crippen LogP contribution in [0, 0.1) is 18.8 Å². The molecule has 19 heavy (non-hydrogen) atoms. The summed E-state index contributed by atoms with van der Waals surface area (Å²) in [5.74, 6) is 5.62. The highest BCUT2D eigenvalue weighted by Gasteiger charge is 2.25. The predicted molar refractivity (Wildman–Crippen MR) is 78.9 cm³/mol. The Hall–Kier alpha value is -1.25. The van der Waals surface area contributed by atoms with E-state index in [0.29, 0.717) is 15.2 Å². The number of hydrogen-bond donors (Lipinski definition) is 0. The molecule has 104 valence electrons. The molecule has 0 bridgehead atoms. The van der Waals surface area contributed by atoms with E-state index in [4.69, 9.17) is 16.3 Å². The van der Waals surface area contributed by atoms with Gasteiger partial charge in [0.15, 0.2) is 4.47 Å². The molecule has 1 heterocycles. The van der Waals surface area contributed by atoms with Gasteiger partial charge in [0.2, 0.25) is 0 Å². The van der Waals surface area contributed by atoms with E-state index in [1.807, 2.05) is 20.8 Å². The largest absolute Gasteiger partial charge is 0.443 e. The lowest BCUT2D eigenvalue weighted by Gasteiger charge is -2.25. The fourth-order valence-electron chi connectivity index (χ4n) is 1.30. The van der Waals surface area contributed by atoms with Gasteiger partial charge in [-0.25, -0.2) is 9.78 Å². The van der Waals surface area contributed by atoms with Gasteiger partial charge in [0.05, 0.1) is 12.2 Å². The molecular formula is C13H17ClN2O2S. The quantitative estimate of drug-likeness (QED) is 0.779. The van der Waals surface area contributed by atoms with Crippen molar-refractivity contribution in [3.8, 4) is 11.8 Å². The second-order valence-electron chi connectivity index (χ2n) is 4.85. The average Bonchev–Trinajstić information content (AvgIpc) is 2.56. The molecule has 0 saturated carbocycles. The molecule has 0 aliphatic carbocycles. The van der Waals surface area contributed by atoms with Crippen molar-refractivity contribution in [3.05, 3.63) is 10.2 Å². The van der Waals surface area contributed by atoms with Crippen LogP contribution in [0.5, 0.6) is 0 Å². The number of hydrogen-bond acceptors (Lipinski definition) is 4. The zero-order valence-electron chi connectivity index (χ0n) is 11.7. The zero-order valence-corrected chi connectivity index (χ0v) is 13.3. The Morgan fingerprint density at radius 3 is 2.58 bits per heavy atom. The maximum atomic E-state index is 12.2. The maximum absolute atomic E-state index is 12.2. The minimum Gasteiger partial charge on any atom is -0.443 e. The number of halogens is 1. The third-order valence-electron chi connectivity index (χ3n) is 2.02. The van der Waals surface area contributed by atoms with E-state index in [1.54, 1.807) is 13.8 Å². The normalized spacial score (nSPS) is 10.6. The van der Waals surface area contributed by atoms with Crippen LogP contribution in [0.25, 0.3) is 0 Å². The monoisotopic (exact) mass is 300 g/mol. The third kappa shape index (κ3) is 4.73. The lowest BCUT2D eigenvalue weighted by Crippen LogP contribution is -2.37. The molecule has 0 aliphatic rings. The first kappa shape index (κ1) is 15.8. The molecule has 0 saturated heterocycles. The van der Waals surface area contributed by atoms with Crippen molar-refractivity contribution in [2.24, 2.45) is 0 Å². The number of carbonyl (C=O) groups is 1. The molecule has 1 aromatic heterocycles. The van der Waals surface area contributed by atoms with Crippen LogP contribution in [0.3, 0.4) is 0 Å². The minimum atomic E-state index is -0.558.